The van der Waals surface area contributed by atoms with Gasteiger partial charge in [-0.2, -0.15) is 5.26 Å². The number of unbranched alkanes of at least 4 members (excludes halogenated alkanes) is 1. The summed E-state index contributed by atoms with van der Waals surface area (Å²) < 4.78 is 6.12. The summed E-state index contributed by atoms with van der Waals surface area (Å²) in [7, 11) is 0. The van der Waals surface area contributed by atoms with Crippen LogP contribution in [-0.4, -0.2) is 86.0 Å². The van der Waals surface area contributed by atoms with Gasteiger partial charge >= 0.3 is 0 Å². The number of ether oxygens (including phenoxy) is 1. The van der Waals surface area contributed by atoms with Gasteiger partial charge in [-0.15, -0.1) is 0 Å². The van der Waals surface area contributed by atoms with Gasteiger partial charge < -0.3 is 19.4 Å². The zero-order valence-electron chi connectivity index (χ0n) is 29.9. The number of benzene rings is 3. The van der Waals surface area contributed by atoms with Crippen LogP contribution < -0.4 is 19.9 Å². The molecule has 1 aliphatic carbocycles. The third-order valence-electron chi connectivity index (χ3n) is 11.8. The molecule has 5 aliphatic rings. The molecule has 10 nitrogen and oxygen atoms in total. The van der Waals surface area contributed by atoms with Crippen LogP contribution in [-0.2, 0) is 16.1 Å². The Morgan fingerprint density at radius 1 is 0.769 bits per heavy atom. The van der Waals surface area contributed by atoms with Crippen LogP contribution >= 0.6 is 0 Å². The Morgan fingerprint density at radius 3 is 2.23 bits per heavy atom. The lowest BCUT2D eigenvalue weighted by atomic mass is 9.89. The van der Waals surface area contributed by atoms with Gasteiger partial charge in [-0.05, 0) is 129 Å². The molecule has 0 spiro atoms. The van der Waals surface area contributed by atoms with Crippen molar-refractivity contribution in [3.8, 4) is 11.8 Å². The summed E-state index contributed by atoms with van der Waals surface area (Å²) in [5, 5.41) is 11.9. The van der Waals surface area contributed by atoms with Crippen LogP contribution in [0.5, 0.6) is 5.75 Å². The first-order valence-electron chi connectivity index (χ1n) is 19.2. The van der Waals surface area contributed by atoms with E-state index in [1.165, 1.54) is 29.7 Å². The van der Waals surface area contributed by atoms with Crippen LogP contribution in [0.2, 0.25) is 0 Å². The molecule has 52 heavy (non-hydrogen) atoms. The molecule has 8 rings (SSSR count). The van der Waals surface area contributed by atoms with Crippen molar-refractivity contribution in [2.75, 3.05) is 62.2 Å². The normalized spacial score (nSPS) is 21.2. The van der Waals surface area contributed by atoms with Gasteiger partial charge in [-0.1, -0.05) is 12.1 Å². The summed E-state index contributed by atoms with van der Waals surface area (Å²) in [6.45, 7) is 8.11. The molecular formula is C42H48N6O4. The van der Waals surface area contributed by atoms with Gasteiger partial charge in [0.2, 0.25) is 11.8 Å². The highest BCUT2D eigenvalue weighted by Crippen LogP contribution is 2.43. The predicted octanol–water partition coefficient (Wildman–Crippen LogP) is 5.56. The topological polar surface area (TPSA) is 109 Å². The number of hydrogen-bond donors (Lipinski definition) is 1. The number of amides is 3. The monoisotopic (exact) mass is 700 g/mol. The molecule has 4 fully saturated rings. The molecule has 4 aliphatic heterocycles. The highest BCUT2D eigenvalue weighted by Gasteiger charge is 2.39. The zero-order valence-corrected chi connectivity index (χ0v) is 29.9. The molecule has 3 aromatic rings. The van der Waals surface area contributed by atoms with Crippen molar-refractivity contribution < 1.29 is 19.1 Å². The Labute approximate surface area is 306 Å². The third-order valence-corrected chi connectivity index (χ3v) is 11.8. The molecule has 0 bridgehead atoms. The lowest BCUT2D eigenvalue weighted by Gasteiger charge is -2.36. The standard InChI is InChI=1S/C42H48N6O4/c43-27-32-5-8-35(26-38(32)31-3-4-31)46-18-15-30(16-19-46)29-6-10-36(11-7-29)52-24-2-1-17-45-20-22-47(23-21-45)34-9-12-37-33(25-34)28-48(42(37)51)39-13-14-40(49)44-41(39)50/h5-12,25-26,30-31,39H,1-4,13-24,28H2,(H,44,49,50). The summed E-state index contributed by atoms with van der Waals surface area (Å²) in [6.07, 6.45) is 7.43. The van der Waals surface area contributed by atoms with Gasteiger partial charge in [0.1, 0.15) is 11.8 Å². The van der Waals surface area contributed by atoms with E-state index in [4.69, 9.17) is 4.74 Å². The number of anilines is 2. The smallest absolute Gasteiger partial charge is 0.255 e. The number of piperidine rings is 2. The summed E-state index contributed by atoms with van der Waals surface area (Å²) in [4.78, 5) is 46.0. The van der Waals surface area contributed by atoms with E-state index in [1.54, 1.807) is 4.90 Å². The highest BCUT2D eigenvalue weighted by atomic mass is 16.5. The van der Waals surface area contributed by atoms with Crippen molar-refractivity contribution in [2.45, 2.75) is 75.8 Å². The second-order valence-corrected chi connectivity index (χ2v) is 15.1. The molecule has 0 radical (unpaired) electrons. The van der Waals surface area contributed by atoms with Crippen molar-refractivity contribution in [1.82, 2.24) is 15.1 Å². The van der Waals surface area contributed by atoms with Crippen LogP contribution in [0.4, 0.5) is 11.4 Å². The fraction of sp³-hybridized carbons (Fsp3) is 0.476. The van der Waals surface area contributed by atoms with Crippen LogP contribution in [0.3, 0.4) is 0 Å². The van der Waals surface area contributed by atoms with E-state index in [-0.39, 0.29) is 24.1 Å². The Hall–Kier alpha value is -4.88. The molecule has 1 unspecified atom stereocenters. The van der Waals surface area contributed by atoms with Gasteiger partial charge in [0.05, 0.1) is 18.2 Å². The van der Waals surface area contributed by atoms with Crippen LogP contribution in [0.25, 0.3) is 0 Å². The fourth-order valence-corrected chi connectivity index (χ4v) is 8.50. The minimum Gasteiger partial charge on any atom is -0.494 e. The molecule has 10 heteroatoms. The molecular weight excluding hydrogens is 652 g/mol. The Morgan fingerprint density at radius 2 is 1.50 bits per heavy atom. The van der Waals surface area contributed by atoms with Crippen molar-refractivity contribution >= 4 is 29.1 Å². The van der Waals surface area contributed by atoms with Crippen molar-refractivity contribution in [3.05, 3.63) is 88.5 Å². The fourth-order valence-electron chi connectivity index (χ4n) is 8.50. The maximum absolute atomic E-state index is 13.1. The SMILES string of the molecule is N#Cc1ccc(N2CCC(c3ccc(OCCCCN4CCN(c5ccc6c(c5)CN(C5CCC(=O)NC5=O)C6=O)CC4)cc3)CC2)cc1C1CC1. The molecule has 3 saturated heterocycles. The predicted molar refractivity (Wildman–Crippen MR) is 200 cm³/mol. The number of nitrogens with one attached hydrogen (secondary N) is 1. The van der Waals surface area contributed by atoms with Crippen molar-refractivity contribution in [3.63, 3.8) is 0 Å². The quantitative estimate of drug-likeness (QED) is 0.205. The zero-order chi connectivity index (χ0) is 35.6. The number of hydrogen-bond acceptors (Lipinski definition) is 8. The van der Waals surface area contributed by atoms with Gasteiger partial charge in [-0.3, -0.25) is 24.6 Å². The number of carbonyl (C=O) groups is 3. The molecule has 0 aromatic heterocycles. The van der Waals surface area contributed by atoms with Crippen LogP contribution in [0.15, 0.2) is 60.7 Å². The first-order valence-corrected chi connectivity index (χ1v) is 19.2. The highest BCUT2D eigenvalue weighted by molar-refractivity contribution is 6.05. The number of nitriles is 1. The molecule has 4 heterocycles. The summed E-state index contributed by atoms with van der Waals surface area (Å²) in [6, 6.07) is 23.0. The van der Waals surface area contributed by atoms with Gasteiger partial charge in [0, 0.05) is 69.2 Å². The lowest BCUT2D eigenvalue weighted by molar-refractivity contribution is -0.136. The van der Waals surface area contributed by atoms with Crippen molar-refractivity contribution in [2.24, 2.45) is 0 Å². The Balaban J connectivity index is 0.730. The second kappa shape index (κ2) is 15.0. The molecule has 3 amide bonds. The number of imide groups is 1. The van der Waals surface area contributed by atoms with E-state index in [0.717, 1.165) is 101 Å². The molecule has 270 valence electrons. The van der Waals surface area contributed by atoms with E-state index in [1.807, 2.05) is 18.2 Å². The Kier molecular flexibility index (Phi) is 9.87. The summed E-state index contributed by atoms with van der Waals surface area (Å²) in [5.74, 6) is 1.32. The maximum atomic E-state index is 13.1. The van der Waals surface area contributed by atoms with Crippen molar-refractivity contribution in [1.29, 1.82) is 5.26 Å². The molecule has 1 atom stereocenters. The number of rotatable bonds is 11. The van der Waals surface area contributed by atoms with Gasteiger partial charge in [0.15, 0.2) is 0 Å². The van der Waals surface area contributed by atoms with E-state index < -0.39 is 6.04 Å². The number of carbonyl (C=O) groups excluding carboxylic acids is 3. The molecule has 1 saturated carbocycles. The third kappa shape index (κ3) is 7.38. The summed E-state index contributed by atoms with van der Waals surface area (Å²) in [5.41, 5.74) is 7.47. The largest absolute Gasteiger partial charge is 0.494 e. The number of fused-ring (bicyclic) bond motifs is 1. The number of piperazine rings is 1. The molecule has 1 N–H and O–H groups in total. The Bertz CT molecular complexity index is 1850. The van der Waals surface area contributed by atoms with E-state index in [2.05, 4.69) is 68.6 Å². The average molecular weight is 701 g/mol. The molecule has 3 aromatic carbocycles. The maximum Gasteiger partial charge on any atom is 0.255 e. The van der Waals surface area contributed by atoms with E-state index in [9.17, 15) is 19.6 Å². The summed E-state index contributed by atoms with van der Waals surface area (Å²) >= 11 is 0. The number of nitrogens with zero attached hydrogens (tertiary/aromatic N) is 5. The van der Waals surface area contributed by atoms with Gasteiger partial charge in [-0.25, -0.2) is 0 Å². The van der Waals surface area contributed by atoms with Crippen LogP contribution in [0.1, 0.15) is 95.8 Å². The average Bonchev–Trinajstić information content (AvgIpc) is 3.98. The minimum absolute atomic E-state index is 0.128. The van der Waals surface area contributed by atoms with E-state index in [0.29, 0.717) is 30.4 Å². The second-order valence-electron chi connectivity index (χ2n) is 15.1. The first kappa shape index (κ1) is 34.2. The first-order chi connectivity index (χ1) is 25.4. The van der Waals surface area contributed by atoms with Gasteiger partial charge in [0.25, 0.3) is 5.91 Å². The van der Waals surface area contributed by atoms with E-state index >= 15 is 0 Å². The lowest BCUT2D eigenvalue weighted by Crippen LogP contribution is -2.52. The minimum atomic E-state index is -0.585. The van der Waals surface area contributed by atoms with Crippen LogP contribution in [0, 0.1) is 11.3 Å².